The van der Waals surface area contributed by atoms with Crippen LogP contribution in [0.2, 0.25) is 0 Å². The molecule has 82 valence electrons. The summed E-state index contributed by atoms with van der Waals surface area (Å²) in [6, 6.07) is 5.33. The van der Waals surface area contributed by atoms with Gasteiger partial charge in [0.2, 0.25) is 5.91 Å². The number of primary amides is 1. The van der Waals surface area contributed by atoms with Gasteiger partial charge in [0.25, 0.3) is 0 Å². The third-order valence-electron chi connectivity index (χ3n) is 1.92. The molecule has 0 aliphatic rings. The average Bonchev–Trinajstić information content (AvgIpc) is 2.13. The van der Waals surface area contributed by atoms with Crippen molar-refractivity contribution in [2.24, 2.45) is 11.7 Å². The fourth-order valence-corrected chi connectivity index (χ4v) is 1.24. The molecule has 3 heteroatoms. The van der Waals surface area contributed by atoms with E-state index in [-0.39, 0.29) is 0 Å². The van der Waals surface area contributed by atoms with E-state index in [9.17, 15) is 4.79 Å². The quantitative estimate of drug-likeness (QED) is 0.822. The molecular weight excluding hydrogens is 190 g/mol. The highest BCUT2D eigenvalue weighted by Gasteiger charge is 2.04. The molecule has 0 spiro atoms. The van der Waals surface area contributed by atoms with Gasteiger partial charge in [0.05, 0.1) is 6.61 Å². The highest BCUT2D eigenvalue weighted by atomic mass is 16.5. The fraction of sp³-hybridized carbons (Fsp3) is 0.417. The smallest absolute Gasteiger partial charge is 0.248 e. The summed E-state index contributed by atoms with van der Waals surface area (Å²) >= 11 is 0. The summed E-state index contributed by atoms with van der Waals surface area (Å²) in [6.45, 7) is 6.70. The van der Waals surface area contributed by atoms with Crippen LogP contribution in [0.5, 0.6) is 5.75 Å². The number of hydrogen-bond acceptors (Lipinski definition) is 2. The number of carbonyl (C=O) groups excluding carboxylic acids is 1. The molecular formula is C12H17NO2. The lowest BCUT2D eigenvalue weighted by Crippen LogP contribution is -2.12. The second-order valence-corrected chi connectivity index (χ2v) is 4.10. The molecule has 0 aliphatic heterocycles. The first-order valence-corrected chi connectivity index (χ1v) is 5.03. The summed E-state index contributed by atoms with van der Waals surface area (Å²) in [5, 5.41) is 0. The van der Waals surface area contributed by atoms with Crippen molar-refractivity contribution >= 4 is 5.91 Å². The molecule has 1 aromatic rings. The maximum atomic E-state index is 11.0. The lowest BCUT2D eigenvalue weighted by Gasteiger charge is -2.10. The van der Waals surface area contributed by atoms with E-state index in [0.29, 0.717) is 23.8 Å². The van der Waals surface area contributed by atoms with Crippen LogP contribution in [0.1, 0.15) is 29.8 Å². The molecule has 0 heterocycles. The van der Waals surface area contributed by atoms with E-state index in [1.54, 1.807) is 12.1 Å². The SMILES string of the molecule is Cc1cc(OCC(C)C)cc(C(N)=O)c1. The topological polar surface area (TPSA) is 52.3 Å². The molecule has 3 nitrogen and oxygen atoms in total. The zero-order chi connectivity index (χ0) is 11.4. The predicted molar refractivity (Wildman–Crippen MR) is 60.0 cm³/mol. The molecule has 0 fully saturated rings. The van der Waals surface area contributed by atoms with E-state index in [0.717, 1.165) is 5.56 Å². The lowest BCUT2D eigenvalue weighted by atomic mass is 10.1. The van der Waals surface area contributed by atoms with Gasteiger partial charge in [-0.05, 0) is 36.6 Å². The van der Waals surface area contributed by atoms with Crippen LogP contribution in [0.25, 0.3) is 0 Å². The number of aryl methyl sites for hydroxylation is 1. The van der Waals surface area contributed by atoms with E-state index in [1.165, 1.54) is 0 Å². The van der Waals surface area contributed by atoms with Crippen LogP contribution in [-0.2, 0) is 0 Å². The van der Waals surface area contributed by atoms with Gasteiger partial charge in [-0.3, -0.25) is 4.79 Å². The van der Waals surface area contributed by atoms with Gasteiger partial charge in [0.1, 0.15) is 5.75 Å². The van der Waals surface area contributed by atoms with Gasteiger partial charge in [-0.2, -0.15) is 0 Å². The van der Waals surface area contributed by atoms with Crippen LogP contribution in [0.3, 0.4) is 0 Å². The molecule has 15 heavy (non-hydrogen) atoms. The van der Waals surface area contributed by atoms with Crippen LogP contribution >= 0.6 is 0 Å². The first-order valence-electron chi connectivity index (χ1n) is 5.03. The molecule has 0 bridgehead atoms. The van der Waals surface area contributed by atoms with Gasteiger partial charge in [-0.25, -0.2) is 0 Å². The van der Waals surface area contributed by atoms with Crippen molar-refractivity contribution in [1.82, 2.24) is 0 Å². The van der Waals surface area contributed by atoms with Crippen molar-refractivity contribution in [3.8, 4) is 5.75 Å². The van der Waals surface area contributed by atoms with E-state index in [4.69, 9.17) is 10.5 Å². The second-order valence-electron chi connectivity index (χ2n) is 4.10. The van der Waals surface area contributed by atoms with Gasteiger partial charge in [-0.1, -0.05) is 13.8 Å². The Kier molecular flexibility index (Phi) is 3.72. The van der Waals surface area contributed by atoms with Crippen LogP contribution in [0.4, 0.5) is 0 Å². The minimum Gasteiger partial charge on any atom is -0.493 e. The summed E-state index contributed by atoms with van der Waals surface area (Å²) < 4.78 is 5.53. The van der Waals surface area contributed by atoms with Gasteiger partial charge in [0, 0.05) is 5.56 Å². The van der Waals surface area contributed by atoms with Crippen molar-refractivity contribution in [3.05, 3.63) is 29.3 Å². The molecule has 1 amide bonds. The Morgan fingerprint density at radius 3 is 2.60 bits per heavy atom. The second kappa shape index (κ2) is 4.82. The maximum Gasteiger partial charge on any atom is 0.248 e. The van der Waals surface area contributed by atoms with Crippen molar-refractivity contribution in [3.63, 3.8) is 0 Å². The van der Waals surface area contributed by atoms with Gasteiger partial charge >= 0.3 is 0 Å². The third-order valence-corrected chi connectivity index (χ3v) is 1.92. The summed E-state index contributed by atoms with van der Waals surface area (Å²) in [7, 11) is 0. The van der Waals surface area contributed by atoms with E-state index >= 15 is 0 Å². The van der Waals surface area contributed by atoms with Crippen LogP contribution < -0.4 is 10.5 Å². The molecule has 1 aromatic carbocycles. The molecule has 0 aliphatic carbocycles. The highest BCUT2D eigenvalue weighted by molar-refractivity contribution is 5.93. The van der Waals surface area contributed by atoms with Gasteiger partial charge in [0.15, 0.2) is 0 Å². The van der Waals surface area contributed by atoms with Crippen LogP contribution in [0.15, 0.2) is 18.2 Å². The Balaban J connectivity index is 2.84. The summed E-state index contributed by atoms with van der Waals surface area (Å²) in [6.07, 6.45) is 0. The molecule has 1 rings (SSSR count). The first kappa shape index (κ1) is 11.6. The Morgan fingerprint density at radius 1 is 1.40 bits per heavy atom. The van der Waals surface area contributed by atoms with Gasteiger partial charge in [-0.15, -0.1) is 0 Å². The standard InChI is InChI=1S/C12H17NO2/c1-8(2)7-15-11-5-9(3)4-10(6-11)12(13)14/h4-6,8H,7H2,1-3H3,(H2,13,14). The minimum absolute atomic E-state index is 0.423. The molecule has 0 atom stereocenters. The molecule has 0 aromatic heterocycles. The summed E-state index contributed by atoms with van der Waals surface area (Å²) in [5.41, 5.74) is 6.68. The monoisotopic (exact) mass is 207 g/mol. The van der Waals surface area contributed by atoms with Crippen molar-refractivity contribution in [2.45, 2.75) is 20.8 Å². The Bertz CT molecular complexity index is 359. The van der Waals surface area contributed by atoms with Crippen LogP contribution in [-0.4, -0.2) is 12.5 Å². The zero-order valence-electron chi connectivity index (χ0n) is 9.41. The molecule has 2 N–H and O–H groups in total. The number of benzene rings is 1. The average molecular weight is 207 g/mol. The first-order chi connectivity index (χ1) is 6.99. The highest BCUT2D eigenvalue weighted by Crippen LogP contribution is 2.17. The predicted octanol–water partition coefficient (Wildman–Crippen LogP) is 2.13. The normalized spacial score (nSPS) is 10.4. The van der Waals surface area contributed by atoms with Crippen molar-refractivity contribution < 1.29 is 9.53 Å². The fourth-order valence-electron chi connectivity index (χ4n) is 1.24. The lowest BCUT2D eigenvalue weighted by molar-refractivity contribution is 0.0999. The molecule has 0 saturated carbocycles. The maximum absolute atomic E-state index is 11.0. The van der Waals surface area contributed by atoms with Crippen molar-refractivity contribution in [1.29, 1.82) is 0 Å². The molecule has 0 saturated heterocycles. The largest absolute Gasteiger partial charge is 0.493 e. The molecule has 0 radical (unpaired) electrons. The number of amides is 1. The number of rotatable bonds is 4. The van der Waals surface area contributed by atoms with E-state index < -0.39 is 5.91 Å². The van der Waals surface area contributed by atoms with E-state index in [2.05, 4.69) is 13.8 Å². The van der Waals surface area contributed by atoms with Crippen molar-refractivity contribution in [2.75, 3.05) is 6.61 Å². The number of ether oxygens (including phenoxy) is 1. The number of carbonyl (C=O) groups is 1. The minimum atomic E-state index is -0.423. The Labute approximate surface area is 90.2 Å². The third kappa shape index (κ3) is 3.62. The Hall–Kier alpha value is -1.51. The summed E-state index contributed by atoms with van der Waals surface area (Å²) in [5.74, 6) is 0.744. The van der Waals surface area contributed by atoms with Gasteiger partial charge < -0.3 is 10.5 Å². The Morgan fingerprint density at radius 2 is 2.07 bits per heavy atom. The molecule has 0 unspecified atom stereocenters. The summed E-state index contributed by atoms with van der Waals surface area (Å²) in [4.78, 5) is 11.0. The number of hydrogen-bond donors (Lipinski definition) is 1. The van der Waals surface area contributed by atoms with Crippen LogP contribution in [0, 0.1) is 12.8 Å². The van der Waals surface area contributed by atoms with E-state index in [1.807, 2.05) is 13.0 Å². The number of nitrogens with two attached hydrogens (primary N) is 1. The zero-order valence-corrected chi connectivity index (χ0v) is 9.41.